The molecule has 0 amide bonds. The largest absolute Gasteiger partial charge is 0.465 e. The second-order valence-electron chi connectivity index (χ2n) is 21.9. The molecular formula is C62H118NO4+. The summed E-state index contributed by atoms with van der Waals surface area (Å²) in [6, 6.07) is 0. The summed E-state index contributed by atoms with van der Waals surface area (Å²) >= 11 is 0. The van der Waals surface area contributed by atoms with E-state index >= 15 is 0 Å². The highest BCUT2D eigenvalue weighted by Gasteiger charge is 2.35. The van der Waals surface area contributed by atoms with Gasteiger partial charge >= 0.3 is 11.9 Å². The average Bonchev–Trinajstić information content (AvgIpc) is 3.31. The van der Waals surface area contributed by atoms with Crippen LogP contribution in [0, 0.1) is 5.41 Å². The van der Waals surface area contributed by atoms with Crippen molar-refractivity contribution in [3.05, 3.63) is 36.5 Å². The third-order valence-electron chi connectivity index (χ3n) is 13.9. The molecule has 0 spiro atoms. The van der Waals surface area contributed by atoms with Gasteiger partial charge < -0.3 is 14.0 Å². The molecule has 0 aromatic rings. The first-order valence-electron chi connectivity index (χ1n) is 29.7. The first-order valence-corrected chi connectivity index (χ1v) is 29.7. The molecule has 0 aliphatic carbocycles. The number of rotatable bonds is 53. The van der Waals surface area contributed by atoms with E-state index in [4.69, 9.17) is 9.47 Å². The molecule has 67 heavy (non-hydrogen) atoms. The van der Waals surface area contributed by atoms with Crippen molar-refractivity contribution in [2.75, 3.05) is 40.9 Å². The Balaban J connectivity index is 4.92. The van der Waals surface area contributed by atoms with Gasteiger partial charge in [0.2, 0.25) is 0 Å². The Morgan fingerprint density at radius 1 is 0.343 bits per heavy atom. The zero-order chi connectivity index (χ0) is 49.0. The van der Waals surface area contributed by atoms with Gasteiger partial charge in [0.1, 0.15) is 13.2 Å². The monoisotopic (exact) mass is 941 g/mol. The number of quaternary nitrogens is 1. The minimum Gasteiger partial charge on any atom is -0.465 e. The zero-order valence-corrected chi connectivity index (χ0v) is 46.3. The molecule has 5 heteroatoms. The lowest BCUT2D eigenvalue weighted by molar-refractivity contribution is -0.871. The molecular weight excluding hydrogens is 823 g/mol. The lowest BCUT2D eigenvalue weighted by atomic mass is 9.80. The molecule has 0 N–H and O–H groups in total. The molecule has 0 rings (SSSR count). The highest BCUT2D eigenvalue weighted by atomic mass is 16.5. The van der Waals surface area contributed by atoms with Crippen LogP contribution >= 0.6 is 0 Å². The van der Waals surface area contributed by atoms with E-state index in [2.05, 4.69) is 78.4 Å². The Bertz CT molecular complexity index is 1080. The quantitative estimate of drug-likeness (QED) is 0.0264. The average molecular weight is 942 g/mol. The molecule has 0 radical (unpaired) electrons. The molecule has 0 fully saturated rings. The SMILES string of the molecule is CCCCCCCC/C=C\CCCCCCCCC(CC[N+](C)(C)C)(COC(=O)CCCCCCC/C=C\CCCCCCCC)COC(=O)CCCCCCC/C=C\CCCCCCCC. The maximum Gasteiger partial charge on any atom is 0.305 e. The van der Waals surface area contributed by atoms with Crippen LogP contribution in [0.1, 0.15) is 303 Å². The number of hydrogen-bond acceptors (Lipinski definition) is 4. The highest BCUT2D eigenvalue weighted by molar-refractivity contribution is 5.69. The van der Waals surface area contributed by atoms with Gasteiger partial charge in [0.25, 0.3) is 0 Å². The third-order valence-corrected chi connectivity index (χ3v) is 13.9. The number of carbonyl (C=O) groups excluding carboxylic acids is 2. The van der Waals surface area contributed by atoms with Gasteiger partial charge in [0.15, 0.2) is 0 Å². The van der Waals surface area contributed by atoms with E-state index in [1.165, 1.54) is 225 Å². The van der Waals surface area contributed by atoms with Crippen LogP contribution in [-0.4, -0.2) is 57.3 Å². The maximum absolute atomic E-state index is 13.2. The van der Waals surface area contributed by atoms with Crippen LogP contribution in [0.2, 0.25) is 0 Å². The number of esters is 2. The van der Waals surface area contributed by atoms with Gasteiger partial charge in [0, 0.05) is 24.7 Å². The number of hydrogen-bond donors (Lipinski definition) is 0. The fraction of sp³-hybridized carbons (Fsp3) is 0.871. The molecule has 0 atom stereocenters. The van der Waals surface area contributed by atoms with Gasteiger partial charge in [-0.15, -0.1) is 0 Å². The van der Waals surface area contributed by atoms with Crippen molar-refractivity contribution in [2.45, 2.75) is 303 Å². The van der Waals surface area contributed by atoms with Gasteiger partial charge in [-0.2, -0.15) is 0 Å². The summed E-state index contributed by atoms with van der Waals surface area (Å²) in [6.45, 7) is 8.49. The third kappa shape index (κ3) is 50.3. The van der Waals surface area contributed by atoms with Crippen LogP contribution in [-0.2, 0) is 19.1 Å². The van der Waals surface area contributed by atoms with Crippen molar-refractivity contribution in [3.8, 4) is 0 Å². The van der Waals surface area contributed by atoms with Crippen LogP contribution < -0.4 is 0 Å². The number of allylic oxidation sites excluding steroid dienone is 6. The van der Waals surface area contributed by atoms with Crippen molar-refractivity contribution in [2.24, 2.45) is 5.41 Å². The molecule has 0 heterocycles. The summed E-state index contributed by atoms with van der Waals surface area (Å²) in [6.07, 6.45) is 67.4. The second-order valence-corrected chi connectivity index (χ2v) is 21.9. The molecule has 0 saturated carbocycles. The van der Waals surface area contributed by atoms with Crippen LogP contribution in [0.4, 0.5) is 0 Å². The van der Waals surface area contributed by atoms with E-state index in [1.807, 2.05) is 0 Å². The molecule has 0 saturated heterocycles. The Morgan fingerprint density at radius 3 is 0.881 bits per heavy atom. The molecule has 5 nitrogen and oxygen atoms in total. The lowest BCUT2D eigenvalue weighted by Gasteiger charge is -2.36. The fourth-order valence-electron chi connectivity index (χ4n) is 9.07. The zero-order valence-electron chi connectivity index (χ0n) is 46.3. The van der Waals surface area contributed by atoms with Crippen LogP contribution in [0.3, 0.4) is 0 Å². The van der Waals surface area contributed by atoms with E-state index < -0.39 is 0 Å². The smallest absolute Gasteiger partial charge is 0.305 e. The standard InChI is InChI=1S/C62H118NO4/c1-7-10-13-16-19-22-25-28-31-34-37-40-43-46-49-52-55-62(56-57-63(4,5)6,58-66-60(64)53-50-47-44-41-38-35-32-29-26-23-20-17-14-11-8-2)59-67-61(65)54-51-48-45-42-39-36-33-30-27-24-21-18-15-12-9-3/h28-33H,7-27,34-59H2,1-6H3/q+1/b31-28-,32-29-,33-30-. The number of ether oxygens (including phenoxy) is 2. The molecule has 0 aromatic carbocycles. The summed E-state index contributed by atoms with van der Waals surface area (Å²) in [5.74, 6) is -0.180. The van der Waals surface area contributed by atoms with Crippen molar-refractivity contribution in [1.29, 1.82) is 0 Å². The molecule has 0 unspecified atom stereocenters. The highest BCUT2D eigenvalue weighted by Crippen LogP contribution is 2.33. The van der Waals surface area contributed by atoms with Gasteiger partial charge in [-0.1, -0.05) is 224 Å². The Kier molecular flexibility index (Phi) is 49.1. The predicted molar refractivity (Wildman–Crippen MR) is 295 cm³/mol. The van der Waals surface area contributed by atoms with Crippen molar-refractivity contribution < 1.29 is 23.5 Å². The summed E-state index contributed by atoms with van der Waals surface area (Å²) in [7, 11) is 6.68. The van der Waals surface area contributed by atoms with Crippen LogP contribution in [0.5, 0.6) is 0 Å². The van der Waals surface area contributed by atoms with E-state index in [-0.39, 0.29) is 17.4 Å². The summed E-state index contributed by atoms with van der Waals surface area (Å²) in [5.41, 5.74) is -0.344. The number of unbranched alkanes of at least 4 members (excludes halogenated alkanes) is 34. The van der Waals surface area contributed by atoms with Gasteiger partial charge in [-0.3, -0.25) is 9.59 Å². The predicted octanol–water partition coefficient (Wildman–Crippen LogP) is 19.7. The number of nitrogens with zero attached hydrogens (tertiary/aromatic N) is 1. The maximum atomic E-state index is 13.2. The Labute approximate surface area is 419 Å². The van der Waals surface area contributed by atoms with Crippen molar-refractivity contribution >= 4 is 11.9 Å². The molecule has 0 aliphatic rings. The summed E-state index contributed by atoms with van der Waals surface area (Å²) in [5, 5.41) is 0. The van der Waals surface area contributed by atoms with E-state index in [9.17, 15) is 9.59 Å². The minimum atomic E-state index is -0.344. The van der Waals surface area contributed by atoms with Crippen molar-refractivity contribution in [1.82, 2.24) is 0 Å². The lowest BCUT2D eigenvalue weighted by Crippen LogP contribution is -2.42. The molecule has 0 aromatic heterocycles. The summed E-state index contributed by atoms with van der Waals surface area (Å²) in [4.78, 5) is 26.4. The summed E-state index contributed by atoms with van der Waals surface area (Å²) < 4.78 is 13.1. The van der Waals surface area contributed by atoms with E-state index in [0.29, 0.717) is 26.1 Å². The molecule has 394 valence electrons. The second kappa shape index (κ2) is 50.5. The molecule has 0 bridgehead atoms. The normalized spacial score (nSPS) is 12.4. The first kappa shape index (κ1) is 65.1. The Morgan fingerprint density at radius 2 is 0.597 bits per heavy atom. The Hall–Kier alpha value is -1.88. The first-order chi connectivity index (χ1) is 32.7. The number of carbonyl (C=O) groups is 2. The fourth-order valence-corrected chi connectivity index (χ4v) is 9.07. The minimum absolute atomic E-state index is 0.0899. The van der Waals surface area contributed by atoms with Gasteiger partial charge in [-0.25, -0.2) is 0 Å². The molecule has 0 aliphatic heterocycles. The van der Waals surface area contributed by atoms with E-state index in [0.717, 1.165) is 56.0 Å². The van der Waals surface area contributed by atoms with Crippen LogP contribution in [0.15, 0.2) is 36.5 Å². The topological polar surface area (TPSA) is 52.6 Å². The van der Waals surface area contributed by atoms with Gasteiger partial charge in [0.05, 0.1) is 27.7 Å². The van der Waals surface area contributed by atoms with Crippen molar-refractivity contribution in [3.63, 3.8) is 0 Å². The van der Waals surface area contributed by atoms with Crippen LogP contribution in [0.25, 0.3) is 0 Å². The van der Waals surface area contributed by atoms with Gasteiger partial charge in [-0.05, 0) is 96.3 Å². The van der Waals surface area contributed by atoms with E-state index in [1.54, 1.807) is 0 Å².